The summed E-state index contributed by atoms with van der Waals surface area (Å²) in [6.45, 7) is 6.45. The van der Waals surface area contributed by atoms with Crippen LogP contribution in [-0.2, 0) is 28.6 Å². The number of hydrogen-bond acceptors (Lipinski definition) is 6. The van der Waals surface area contributed by atoms with E-state index in [-0.39, 0.29) is 31.1 Å². The molecule has 1 unspecified atom stereocenters. The van der Waals surface area contributed by atoms with Crippen LogP contribution in [0.5, 0.6) is 0 Å². The molecule has 0 spiro atoms. The number of allylic oxidation sites excluding steroid dienone is 18. The van der Waals surface area contributed by atoms with Crippen LogP contribution in [0.25, 0.3) is 0 Å². The molecule has 0 bridgehead atoms. The van der Waals surface area contributed by atoms with Crippen LogP contribution in [0.3, 0.4) is 0 Å². The lowest BCUT2D eigenvalue weighted by molar-refractivity contribution is -0.167. The zero-order valence-corrected chi connectivity index (χ0v) is 46.9. The highest BCUT2D eigenvalue weighted by atomic mass is 16.6. The van der Waals surface area contributed by atoms with Gasteiger partial charge in [-0.05, 0) is 109 Å². The van der Waals surface area contributed by atoms with Crippen molar-refractivity contribution in [2.45, 2.75) is 277 Å². The average molecular weight is 1000 g/mol. The second-order valence-electron chi connectivity index (χ2n) is 19.5. The normalized spacial score (nSPS) is 12.9. The van der Waals surface area contributed by atoms with E-state index >= 15 is 0 Å². The number of esters is 3. The Morgan fingerprint density at radius 3 is 0.861 bits per heavy atom. The smallest absolute Gasteiger partial charge is 0.306 e. The molecule has 0 aliphatic carbocycles. The minimum Gasteiger partial charge on any atom is -0.462 e. The summed E-state index contributed by atoms with van der Waals surface area (Å²) in [6, 6.07) is 0. The van der Waals surface area contributed by atoms with Gasteiger partial charge >= 0.3 is 17.9 Å². The molecule has 0 aromatic rings. The van der Waals surface area contributed by atoms with Gasteiger partial charge in [0.2, 0.25) is 0 Å². The minimum absolute atomic E-state index is 0.0844. The Morgan fingerprint density at radius 1 is 0.292 bits per heavy atom. The molecule has 0 aliphatic heterocycles. The van der Waals surface area contributed by atoms with Gasteiger partial charge in [-0.25, -0.2) is 0 Å². The topological polar surface area (TPSA) is 78.9 Å². The van der Waals surface area contributed by atoms with Crippen molar-refractivity contribution in [3.05, 3.63) is 109 Å². The molecule has 1 atom stereocenters. The summed E-state index contributed by atoms with van der Waals surface area (Å²) < 4.78 is 16.7. The molecule has 0 aliphatic rings. The Bertz CT molecular complexity index is 1470. The van der Waals surface area contributed by atoms with Crippen molar-refractivity contribution in [3.63, 3.8) is 0 Å². The summed E-state index contributed by atoms with van der Waals surface area (Å²) in [5.74, 6) is -0.912. The second-order valence-corrected chi connectivity index (χ2v) is 19.5. The van der Waals surface area contributed by atoms with Crippen LogP contribution in [-0.4, -0.2) is 37.2 Å². The van der Waals surface area contributed by atoms with Crippen molar-refractivity contribution in [2.75, 3.05) is 13.2 Å². The summed E-state index contributed by atoms with van der Waals surface area (Å²) in [5, 5.41) is 0. The first-order valence-corrected chi connectivity index (χ1v) is 29.9. The van der Waals surface area contributed by atoms with Crippen molar-refractivity contribution in [2.24, 2.45) is 0 Å². The fourth-order valence-corrected chi connectivity index (χ4v) is 8.04. The Labute approximate surface area is 444 Å². The Hall–Kier alpha value is -3.93. The highest BCUT2D eigenvalue weighted by molar-refractivity contribution is 5.71. The van der Waals surface area contributed by atoms with E-state index in [1.165, 1.54) is 109 Å². The molecule has 0 fully saturated rings. The first-order chi connectivity index (χ1) is 35.5. The van der Waals surface area contributed by atoms with Gasteiger partial charge in [-0.2, -0.15) is 0 Å². The Morgan fingerprint density at radius 2 is 0.542 bits per heavy atom. The summed E-state index contributed by atoms with van der Waals surface area (Å²) >= 11 is 0. The van der Waals surface area contributed by atoms with E-state index in [0.29, 0.717) is 19.3 Å². The van der Waals surface area contributed by atoms with Crippen molar-refractivity contribution < 1.29 is 28.6 Å². The fraction of sp³-hybridized carbons (Fsp3) is 0.682. The summed E-state index contributed by atoms with van der Waals surface area (Å²) in [5.41, 5.74) is 0. The molecule has 0 amide bonds. The van der Waals surface area contributed by atoms with Crippen molar-refractivity contribution >= 4 is 17.9 Å². The standard InChI is InChI=1S/C66H110O6/c1-4-7-10-13-16-18-20-22-24-26-27-28-29-30-31-32-33-34-35-36-37-38-39-41-42-44-46-48-50-53-56-59-65(68)71-62-63(61-70-64(67)58-55-52-15-12-9-6-3)72-66(69)60-57-54-51-49-47-45-43-40-25-23-21-19-17-14-11-8-5-2/h7,10,16,18,22-25,27-28,30-31,33-34,36-37,39,41,63H,4-6,8-9,11-15,17,19-21,26,29,32,35,38,40,42-62H2,1-3H3/b10-7-,18-16-,24-22-,25-23-,28-27-,31-30-,34-33-,37-36-,41-39-. The highest BCUT2D eigenvalue weighted by Gasteiger charge is 2.19. The van der Waals surface area contributed by atoms with E-state index in [0.717, 1.165) is 122 Å². The predicted molar refractivity (Wildman–Crippen MR) is 311 cm³/mol. The molecule has 0 heterocycles. The van der Waals surface area contributed by atoms with Crippen LogP contribution in [0.1, 0.15) is 271 Å². The lowest BCUT2D eigenvalue weighted by Crippen LogP contribution is -2.30. The lowest BCUT2D eigenvalue weighted by atomic mass is 10.1. The Balaban J connectivity index is 4.16. The largest absolute Gasteiger partial charge is 0.462 e. The third-order valence-corrected chi connectivity index (χ3v) is 12.5. The number of carbonyl (C=O) groups is 3. The molecule has 0 N–H and O–H groups in total. The molecule has 0 radical (unpaired) electrons. The molecule has 0 aromatic heterocycles. The van der Waals surface area contributed by atoms with Crippen LogP contribution in [0.2, 0.25) is 0 Å². The molecule has 6 nitrogen and oxygen atoms in total. The quantitative estimate of drug-likeness (QED) is 0.0261. The van der Waals surface area contributed by atoms with E-state index < -0.39 is 6.10 Å². The first kappa shape index (κ1) is 68.1. The van der Waals surface area contributed by atoms with E-state index in [4.69, 9.17) is 14.2 Å². The molecule has 6 heteroatoms. The number of unbranched alkanes of at least 4 members (excludes halogenated alkanes) is 24. The van der Waals surface area contributed by atoms with E-state index in [1.807, 2.05) is 0 Å². The average Bonchev–Trinajstić information content (AvgIpc) is 3.38. The highest BCUT2D eigenvalue weighted by Crippen LogP contribution is 2.14. The Kier molecular flexibility index (Phi) is 56.4. The van der Waals surface area contributed by atoms with Crippen LogP contribution in [0.15, 0.2) is 109 Å². The third kappa shape index (κ3) is 57.0. The predicted octanol–water partition coefficient (Wildman–Crippen LogP) is 20.3. The van der Waals surface area contributed by atoms with Gasteiger partial charge in [0.25, 0.3) is 0 Å². The van der Waals surface area contributed by atoms with Gasteiger partial charge in [-0.1, -0.05) is 252 Å². The van der Waals surface area contributed by atoms with Crippen molar-refractivity contribution in [1.29, 1.82) is 0 Å². The zero-order chi connectivity index (χ0) is 52.2. The zero-order valence-electron chi connectivity index (χ0n) is 46.9. The molecule has 72 heavy (non-hydrogen) atoms. The monoisotopic (exact) mass is 999 g/mol. The molecule has 410 valence electrons. The number of hydrogen-bond donors (Lipinski definition) is 0. The van der Waals surface area contributed by atoms with Gasteiger partial charge in [0, 0.05) is 19.3 Å². The second kappa shape index (κ2) is 59.6. The van der Waals surface area contributed by atoms with E-state index in [9.17, 15) is 14.4 Å². The van der Waals surface area contributed by atoms with Gasteiger partial charge in [-0.15, -0.1) is 0 Å². The summed E-state index contributed by atoms with van der Waals surface area (Å²) in [7, 11) is 0. The van der Waals surface area contributed by atoms with Gasteiger partial charge in [0.05, 0.1) is 0 Å². The van der Waals surface area contributed by atoms with Gasteiger partial charge in [0.1, 0.15) is 13.2 Å². The fourth-order valence-electron chi connectivity index (χ4n) is 8.04. The van der Waals surface area contributed by atoms with Gasteiger partial charge in [-0.3, -0.25) is 14.4 Å². The first-order valence-electron chi connectivity index (χ1n) is 29.9. The minimum atomic E-state index is -0.784. The molecule has 0 saturated heterocycles. The molecule has 0 rings (SSSR count). The maximum absolute atomic E-state index is 12.8. The molecular weight excluding hydrogens is 889 g/mol. The number of ether oxygens (including phenoxy) is 3. The molecular formula is C66H110O6. The van der Waals surface area contributed by atoms with Gasteiger partial charge < -0.3 is 14.2 Å². The third-order valence-electron chi connectivity index (χ3n) is 12.5. The lowest BCUT2D eigenvalue weighted by Gasteiger charge is -2.18. The number of rotatable bonds is 53. The molecule has 0 aromatic carbocycles. The van der Waals surface area contributed by atoms with Crippen LogP contribution in [0.4, 0.5) is 0 Å². The van der Waals surface area contributed by atoms with Crippen molar-refractivity contribution in [3.8, 4) is 0 Å². The van der Waals surface area contributed by atoms with Crippen molar-refractivity contribution in [1.82, 2.24) is 0 Å². The van der Waals surface area contributed by atoms with Crippen LogP contribution in [0, 0.1) is 0 Å². The van der Waals surface area contributed by atoms with Crippen LogP contribution < -0.4 is 0 Å². The summed E-state index contributed by atoms with van der Waals surface area (Å²) in [6.07, 6.45) is 81.2. The molecule has 0 saturated carbocycles. The van der Waals surface area contributed by atoms with Crippen LogP contribution >= 0.6 is 0 Å². The maximum Gasteiger partial charge on any atom is 0.306 e. The van der Waals surface area contributed by atoms with E-state index in [1.54, 1.807) is 0 Å². The number of carbonyl (C=O) groups excluding carboxylic acids is 3. The summed E-state index contributed by atoms with van der Waals surface area (Å²) in [4.78, 5) is 37.9. The van der Waals surface area contributed by atoms with E-state index in [2.05, 4.69) is 130 Å². The van der Waals surface area contributed by atoms with Gasteiger partial charge in [0.15, 0.2) is 6.10 Å². The maximum atomic E-state index is 12.8. The SMILES string of the molecule is CC/C=C\C/C=C\C/C=C\C/C=C\C/C=C\C/C=C\C/C=C\C/C=C\CCCCCCCCC(=O)OCC(COC(=O)CCCCCCCC)OC(=O)CCCCCCCCC/C=C\CCCCCCCC.